The molecule has 0 spiro atoms. The van der Waals surface area contributed by atoms with Crippen LogP contribution < -0.4 is 11.3 Å². The number of methoxy groups -OCH3 is 1. The maximum absolute atomic E-state index is 5.48. The van der Waals surface area contributed by atoms with Crippen molar-refractivity contribution in [1.82, 2.24) is 9.97 Å². The summed E-state index contributed by atoms with van der Waals surface area (Å²) < 4.78 is 5.02. The van der Waals surface area contributed by atoms with E-state index in [-0.39, 0.29) is 0 Å². The average molecular weight is 238 g/mol. The van der Waals surface area contributed by atoms with E-state index < -0.39 is 0 Å². The van der Waals surface area contributed by atoms with Crippen LogP contribution in [-0.2, 0) is 11.3 Å². The molecule has 2 aromatic rings. The number of nitrogens with two attached hydrogens (primary N) is 1. The number of hydrogen-bond donors (Lipinski definition) is 2. The third-order valence-corrected chi connectivity index (χ3v) is 3.59. The van der Waals surface area contributed by atoms with Crippen molar-refractivity contribution in [2.75, 3.05) is 12.5 Å². The number of thiophene rings is 1. The van der Waals surface area contributed by atoms with Gasteiger partial charge < -0.3 is 10.2 Å². The number of hydrazine groups is 1. The summed E-state index contributed by atoms with van der Waals surface area (Å²) in [5.74, 6) is 6.79. The lowest BCUT2D eigenvalue weighted by molar-refractivity contribution is 0.178. The van der Waals surface area contributed by atoms with E-state index in [1.54, 1.807) is 18.4 Å². The van der Waals surface area contributed by atoms with E-state index in [0.29, 0.717) is 18.2 Å². The number of fused-ring (bicyclic) bond motifs is 1. The minimum absolute atomic E-state index is 0.389. The van der Waals surface area contributed by atoms with Gasteiger partial charge in [-0.25, -0.2) is 15.8 Å². The van der Waals surface area contributed by atoms with Crippen LogP contribution in [0.2, 0.25) is 0 Å². The SMILES string of the molecule is COCc1nc(NN)c2c(C)c(C)sc2n1. The standard InChI is InChI=1S/C10H14N4OS/c1-5-6(2)16-10-8(5)9(14-11)12-7(13-10)4-15-3/h4,11H2,1-3H3,(H,12,13,14). The van der Waals surface area contributed by atoms with Crippen LogP contribution in [0.1, 0.15) is 16.3 Å². The molecular weight excluding hydrogens is 224 g/mol. The largest absolute Gasteiger partial charge is 0.377 e. The highest BCUT2D eigenvalue weighted by Crippen LogP contribution is 2.32. The van der Waals surface area contributed by atoms with E-state index in [1.165, 1.54) is 10.4 Å². The Hall–Kier alpha value is -1.24. The molecule has 0 aliphatic heterocycles. The summed E-state index contributed by atoms with van der Waals surface area (Å²) >= 11 is 1.65. The lowest BCUT2D eigenvalue weighted by atomic mass is 10.2. The van der Waals surface area contributed by atoms with Crippen molar-refractivity contribution in [1.29, 1.82) is 0 Å². The van der Waals surface area contributed by atoms with Crippen LogP contribution in [0, 0.1) is 13.8 Å². The lowest BCUT2D eigenvalue weighted by Gasteiger charge is -2.05. The zero-order chi connectivity index (χ0) is 11.7. The van der Waals surface area contributed by atoms with Crippen molar-refractivity contribution < 1.29 is 4.74 Å². The van der Waals surface area contributed by atoms with Gasteiger partial charge in [-0.1, -0.05) is 0 Å². The van der Waals surface area contributed by atoms with Crippen molar-refractivity contribution in [3.8, 4) is 0 Å². The summed E-state index contributed by atoms with van der Waals surface area (Å²) in [5.41, 5.74) is 3.80. The summed E-state index contributed by atoms with van der Waals surface area (Å²) in [6, 6.07) is 0. The zero-order valence-electron chi connectivity index (χ0n) is 9.50. The number of aryl methyl sites for hydroxylation is 2. The van der Waals surface area contributed by atoms with Gasteiger partial charge in [-0.2, -0.15) is 0 Å². The summed E-state index contributed by atoms with van der Waals surface area (Å²) in [6.07, 6.45) is 0. The molecule has 6 heteroatoms. The fourth-order valence-electron chi connectivity index (χ4n) is 1.59. The number of hydrogen-bond acceptors (Lipinski definition) is 6. The first-order valence-corrected chi connectivity index (χ1v) is 5.71. The molecule has 0 saturated carbocycles. The Balaban J connectivity index is 2.68. The predicted octanol–water partition coefficient (Wildman–Crippen LogP) is 1.74. The highest BCUT2D eigenvalue weighted by molar-refractivity contribution is 7.18. The van der Waals surface area contributed by atoms with E-state index in [1.807, 2.05) is 6.92 Å². The molecule has 0 amide bonds. The van der Waals surface area contributed by atoms with Gasteiger partial charge in [0.15, 0.2) is 11.6 Å². The Labute approximate surface area is 97.6 Å². The van der Waals surface area contributed by atoms with Gasteiger partial charge >= 0.3 is 0 Å². The van der Waals surface area contributed by atoms with E-state index >= 15 is 0 Å². The number of nitrogens with zero attached hydrogens (tertiary/aromatic N) is 2. The summed E-state index contributed by atoms with van der Waals surface area (Å²) in [6.45, 7) is 4.51. The Morgan fingerprint density at radius 2 is 2.12 bits per heavy atom. The third-order valence-electron chi connectivity index (χ3n) is 2.49. The molecule has 2 aromatic heterocycles. The predicted molar refractivity (Wildman–Crippen MR) is 65.4 cm³/mol. The van der Waals surface area contributed by atoms with Gasteiger partial charge in [-0.15, -0.1) is 11.3 Å². The van der Waals surface area contributed by atoms with Crippen molar-refractivity contribution >= 4 is 27.4 Å². The fraction of sp³-hybridized carbons (Fsp3) is 0.400. The van der Waals surface area contributed by atoms with Gasteiger partial charge in [0.1, 0.15) is 11.4 Å². The van der Waals surface area contributed by atoms with Gasteiger partial charge in [0.25, 0.3) is 0 Å². The summed E-state index contributed by atoms with van der Waals surface area (Å²) in [4.78, 5) is 10.9. The van der Waals surface area contributed by atoms with Crippen LogP contribution in [-0.4, -0.2) is 17.1 Å². The van der Waals surface area contributed by atoms with E-state index in [4.69, 9.17) is 10.6 Å². The molecule has 0 bridgehead atoms. The third kappa shape index (κ3) is 1.75. The van der Waals surface area contributed by atoms with Crippen molar-refractivity contribution in [3.05, 3.63) is 16.3 Å². The molecule has 3 N–H and O–H groups in total. The van der Waals surface area contributed by atoms with Crippen LogP contribution in [0.25, 0.3) is 10.2 Å². The maximum Gasteiger partial charge on any atom is 0.158 e. The van der Waals surface area contributed by atoms with Crippen molar-refractivity contribution in [3.63, 3.8) is 0 Å². The molecule has 0 aliphatic rings. The topological polar surface area (TPSA) is 73.1 Å². The van der Waals surface area contributed by atoms with Gasteiger partial charge in [-0.05, 0) is 19.4 Å². The number of nitrogens with one attached hydrogen (secondary N) is 1. The highest BCUT2D eigenvalue weighted by atomic mass is 32.1. The molecule has 16 heavy (non-hydrogen) atoms. The van der Waals surface area contributed by atoms with Crippen LogP contribution in [0.15, 0.2) is 0 Å². The van der Waals surface area contributed by atoms with Crippen molar-refractivity contribution in [2.45, 2.75) is 20.5 Å². The molecular formula is C10H14N4OS. The molecule has 86 valence electrons. The minimum atomic E-state index is 0.389. The molecule has 0 saturated heterocycles. The number of nitrogen functional groups attached to an aromatic ring is 1. The molecule has 0 aromatic carbocycles. The zero-order valence-corrected chi connectivity index (χ0v) is 10.3. The second-order valence-electron chi connectivity index (χ2n) is 3.53. The Morgan fingerprint density at radius 3 is 2.75 bits per heavy atom. The van der Waals surface area contributed by atoms with Crippen LogP contribution >= 0.6 is 11.3 Å². The first-order chi connectivity index (χ1) is 7.67. The normalized spacial score (nSPS) is 11.0. The summed E-state index contributed by atoms with van der Waals surface area (Å²) in [7, 11) is 1.62. The van der Waals surface area contributed by atoms with Crippen LogP contribution in [0.4, 0.5) is 5.82 Å². The smallest absolute Gasteiger partial charge is 0.158 e. The molecule has 0 unspecified atom stereocenters. The van der Waals surface area contributed by atoms with Crippen LogP contribution in [0.3, 0.4) is 0 Å². The number of ether oxygens (including phenoxy) is 1. The van der Waals surface area contributed by atoms with E-state index in [9.17, 15) is 0 Å². The molecule has 0 aliphatic carbocycles. The average Bonchev–Trinajstić information content (AvgIpc) is 2.54. The second-order valence-corrected chi connectivity index (χ2v) is 4.73. The lowest BCUT2D eigenvalue weighted by Crippen LogP contribution is -2.11. The van der Waals surface area contributed by atoms with Crippen LogP contribution in [0.5, 0.6) is 0 Å². The first kappa shape index (κ1) is 11.3. The monoisotopic (exact) mass is 238 g/mol. The van der Waals surface area contributed by atoms with E-state index in [2.05, 4.69) is 22.3 Å². The Bertz CT molecular complexity index is 523. The molecule has 2 heterocycles. The highest BCUT2D eigenvalue weighted by Gasteiger charge is 2.13. The quantitative estimate of drug-likeness (QED) is 0.629. The Morgan fingerprint density at radius 1 is 1.38 bits per heavy atom. The Kier molecular flexibility index (Phi) is 3.04. The van der Waals surface area contributed by atoms with Gasteiger partial charge in [-0.3, -0.25) is 0 Å². The van der Waals surface area contributed by atoms with Gasteiger partial charge in [0.2, 0.25) is 0 Å². The number of anilines is 1. The fourth-order valence-corrected chi connectivity index (χ4v) is 2.64. The van der Waals surface area contributed by atoms with Crippen molar-refractivity contribution in [2.24, 2.45) is 5.84 Å². The molecule has 5 nitrogen and oxygen atoms in total. The van der Waals surface area contributed by atoms with E-state index in [0.717, 1.165) is 10.2 Å². The second kappa shape index (κ2) is 4.32. The molecule has 0 atom stereocenters. The maximum atomic E-state index is 5.48. The molecule has 0 fully saturated rings. The minimum Gasteiger partial charge on any atom is -0.377 e. The molecule has 2 rings (SSSR count). The van der Waals surface area contributed by atoms with Gasteiger partial charge in [0, 0.05) is 12.0 Å². The first-order valence-electron chi connectivity index (χ1n) is 4.89. The molecule has 0 radical (unpaired) electrons. The number of rotatable bonds is 3. The summed E-state index contributed by atoms with van der Waals surface area (Å²) in [5, 5.41) is 1.00. The van der Waals surface area contributed by atoms with Gasteiger partial charge in [0.05, 0.1) is 5.39 Å². The number of aromatic nitrogens is 2.